The second-order valence-electron chi connectivity index (χ2n) is 4.34. The quantitative estimate of drug-likeness (QED) is 0.833. The second kappa shape index (κ2) is 6.69. The van der Waals surface area contributed by atoms with Gasteiger partial charge in [-0.1, -0.05) is 0 Å². The van der Waals surface area contributed by atoms with Gasteiger partial charge in [0.15, 0.2) is 11.6 Å². The van der Waals surface area contributed by atoms with E-state index in [1.165, 1.54) is 6.07 Å². The Morgan fingerprint density at radius 1 is 1.10 bits per heavy atom. The first-order valence-corrected chi connectivity index (χ1v) is 6.28. The maximum atomic E-state index is 13.0. The molecule has 2 aromatic carbocycles. The minimum atomic E-state index is -1.01. The average molecular weight is 292 g/mol. The number of ether oxygens (including phenoxy) is 1. The van der Waals surface area contributed by atoms with Crippen LogP contribution in [0.25, 0.3) is 0 Å². The van der Waals surface area contributed by atoms with Crippen molar-refractivity contribution in [2.75, 3.05) is 17.7 Å². The van der Waals surface area contributed by atoms with Gasteiger partial charge in [0.05, 0.1) is 13.0 Å². The van der Waals surface area contributed by atoms with Crippen molar-refractivity contribution < 1.29 is 18.3 Å². The van der Waals surface area contributed by atoms with Gasteiger partial charge in [0, 0.05) is 17.4 Å². The van der Waals surface area contributed by atoms with Crippen molar-refractivity contribution >= 4 is 17.3 Å². The smallest absolute Gasteiger partial charge is 0.227 e. The Morgan fingerprint density at radius 2 is 1.81 bits per heavy atom. The first-order valence-electron chi connectivity index (χ1n) is 6.28. The van der Waals surface area contributed by atoms with Gasteiger partial charge in [-0.25, -0.2) is 8.78 Å². The van der Waals surface area contributed by atoms with Gasteiger partial charge in [-0.2, -0.15) is 0 Å². The summed E-state index contributed by atoms with van der Waals surface area (Å²) >= 11 is 0. The number of nitrogen functional groups attached to an aromatic ring is 1. The van der Waals surface area contributed by atoms with E-state index in [9.17, 15) is 13.6 Å². The minimum absolute atomic E-state index is 0.0867. The molecule has 0 bridgehead atoms. The molecule has 0 aliphatic rings. The fourth-order valence-electron chi connectivity index (χ4n) is 1.62. The molecule has 0 aromatic heterocycles. The number of nitrogens with one attached hydrogen (secondary N) is 1. The molecule has 0 unspecified atom stereocenters. The molecule has 0 heterocycles. The fraction of sp³-hybridized carbons (Fsp3) is 0.133. The number of carbonyl (C=O) groups is 1. The first kappa shape index (κ1) is 14.8. The molecule has 0 fully saturated rings. The molecule has 21 heavy (non-hydrogen) atoms. The van der Waals surface area contributed by atoms with Crippen LogP contribution in [-0.2, 0) is 4.79 Å². The number of rotatable bonds is 5. The third-order valence-electron chi connectivity index (χ3n) is 2.68. The molecule has 110 valence electrons. The Morgan fingerprint density at radius 3 is 2.48 bits per heavy atom. The predicted octanol–water partition coefficient (Wildman–Crippen LogP) is 2.95. The van der Waals surface area contributed by atoms with Gasteiger partial charge in [0.2, 0.25) is 5.91 Å². The van der Waals surface area contributed by atoms with Crippen molar-refractivity contribution in [1.29, 1.82) is 0 Å². The van der Waals surface area contributed by atoms with E-state index in [4.69, 9.17) is 10.5 Å². The number of benzene rings is 2. The maximum absolute atomic E-state index is 13.0. The molecule has 2 aromatic rings. The minimum Gasteiger partial charge on any atom is -0.493 e. The van der Waals surface area contributed by atoms with E-state index in [2.05, 4.69) is 5.32 Å². The number of hydrogen-bond acceptors (Lipinski definition) is 3. The van der Waals surface area contributed by atoms with Crippen molar-refractivity contribution in [2.24, 2.45) is 0 Å². The zero-order valence-corrected chi connectivity index (χ0v) is 11.1. The van der Waals surface area contributed by atoms with Crippen LogP contribution in [0.5, 0.6) is 5.75 Å². The number of anilines is 2. The molecule has 3 N–H and O–H groups in total. The number of amides is 1. The number of halogens is 2. The highest BCUT2D eigenvalue weighted by atomic mass is 19.2. The van der Waals surface area contributed by atoms with Gasteiger partial charge in [-0.3, -0.25) is 4.79 Å². The molecule has 2 rings (SSSR count). The van der Waals surface area contributed by atoms with Crippen LogP contribution in [-0.4, -0.2) is 12.5 Å². The van der Waals surface area contributed by atoms with Crippen molar-refractivity contribution in [1.82, 2.24) is 0 Å². The summed E-state index contributed by atoms with van der Waals surface area (Å²) in [5, 5.41) is 2.46. The summed E-state index contributed by atoms with van der Waals surface area (Å²) in [6.45, 7) is 0.166. The second-order valence-corrected chi connectivity index (χ2v) is 4.34. The van der Waals surface area contributed by atoms with Gasteiger partial charge in [0.1, 0.15) is 5.75 Å². The van der Waals surface area contributed by atoms with Crippen LogP contribution in [0.2, 0.25) is 0 Å². The lowest BCUT2D eigenvalue weighted by atomic mass is 10.3. The molecule has 0 atom stereocenters. The van der Waals surface area contributed by atoms with Crippen LogP contribution < -0.4 is 15.8 Å². The summed E-state index contributed by atoms with van der Waals surface area (Å²) in [7, 11) is 0. The van der Waals surface area contributed by atoms with Crippen LogP contribution in [0.3, 0.4) is 0 Å². The number of carbonyl (C=O) groups excluding carboxylic acids is 1. The fourth-order valence-corrected chi connectivity index (χ4v) is 1.62. The van der Waals surface area contributed by atoms with Crippen LogP contribution in [0, 0.1) is 11.6 Å². The zero-order valence-electron chi connectivity index (χ0n) is 11.1. The third kappa shape index (κ3) is 4.45. The third-order valence-corrected chi connectivity index (χ3v) is 2.68. The maximum Gasteiger partial charge on any atom is 0.227 e. The highest BCUT2D eigenvalue weighted by Crippen LogP contribution is 2.15. The van der Waals surface area contributed by atoms with Crippen molar-refractivity contribution in [3.05, 3.63) is 54.1 Å². The number of nitrogens with two attached hydrogens (primary N) is 1. The van der Waals surface area contributed by atoms with Gasteiger partial charge < -0.3 is 15.8 Å². The van der Waals surface area contributed by atoms with E-state index in [0.717, 1.165) is 12.1 Å². The Labute approximate surface area is 120 Å². The highest BCUT2D eigenvalue weighted by Gasteiger charge is 2.06. The summed E-state index contributed by atoms with van der Waals surface area (Å²) in [5.41, 5.74) is 6.36. The molecular formula is C15H14F2N2O2. The lowest BCUT2D eigenvalue weighted by molar-refractivity contribution is -0.116. The SMILES string of the molecule is Nc1ccc(OCCC(=O)Nc2ccc(F)c(F)c2)cc1. The Hall–Kier alpha value is -2.63. The first-order chi connectivity index (χ1) is 10.0. The van der Waals surface area contributed by atoms with Crippen LogP contribution in [0.4, 0.5) is 20.2 Å². The summed E-state index contributed by atoms with van der Waals surface area (Å²) in [4.78, 5) is 11.6. The van der Waals surface area contributed by atoms with E-state index in [-0.39, 0.29) is 24.6 Å². The Kier molecular flexibility index (Phi) is 4.71. The van der Waals surface area contributed by atoms with E-state index in [0.29, 0.717) is 11.4 Å². The zero-order chi connectivity index (χ0) is 15.2. The normalized spacial score (nSPS) is 10.2. The molecule has 0 aliphatic carbocycles. The van der Waals surface area contributed by atoms with E-state index >= 15 is 0 Å². The van der Waals surface area contributed by atoms with Crippen LogP contribution in [0.1, 0.15) is 6.42 Å². The highest BCUT2D eigenvalue weighted by molar-refractivity contribution is 5.90. The van der Waals surface area contributed by atoms with Gasteiger partial charge in [-0.05, 0) is 36.4 Å². The van der Waals surface area contributed by atoms with Crippen molar-refractivity contribution in [2.45, 2.75) is 6.42 Å². The van der Waals surface area contributed by atoms with Gasteiger partial charge in [0.25, 0.3) is 0 Å². The largest absolute Gasteiger partial charge is 0.493 e. The molecule has 0 aliphatic heterocycles. The van der Waals surface area contributed by atoms with Crippen molar-refractivity contribution in [3.8, 4) is 5.75 Å². The van der Waals surface area contributed by atoms with E-state index < -0.39 is 11.6 Å². The lowest BCUT2D eigenvalue weighted by Gasteiger charge is -2.07. The van der Waals surface area contributed by atoms with Gasteiger partial charge >= 0.3 is 0 Å². The monoisotopic (exact) mass is 292 g/mol. The van der Waals surface area contributed by atoms with E-state index in [1.54, 1.807) is 24.3 Å². The summed E-state index contributed by atoms with van der Waals surface area (Å²) in [5.74, 6) is -1.72. The molecular weight excluding hydrogens is 278 g/mol. The Balaban J connectivity index is 1.79. The molecule has 4 nitrogen and oxygen atoms in total. The summed E-state index contributed by atoms with van der Waals surface area (Å²) < 4.78 is 31.1. The van der Waals surface area contributed by atoms with Crippen molar-refractivity contribution in [3.63, 3.8) is 0 Å². The van der Waals surface area contributed by atoms with Crippen LogP contribution >= 0.6 is 0 Å². The van der Waals surface area contributed by atoms with Gasteiger partial charge in [-0.15, -0.1) is 0 Å². The van der Waals surface area contributed by atoms with Crippen LogP contribution in [0.15, 0.2) is 42.5 Å². The summed E-state index contributed by atoms with van der Waals surface area (Å²) in [6, 6.07) is 9.94. The standard InChI is InChI=1S/C15H14F2N2O2/c16-13-6-3-11(9-14(13)17)19-15(20)7-8-21-12-4-1-10(18)2-5-12/h1-6,9H,7-8,18H2,(H,19,20). The average Bonchev–Trinajstić information content (AvgIpc) is 2.45. The van der Waals surface area contributed by atoms with E-state index in [1.807, 2.05) is 0 Å². The summed E-state index contributed by atoms with van der Waals surface area (Å²) in [6.07, 6.45) is 0.0867. The molecule has 6 heteroatoms. The molecule has 0 spiro atoms. The molecule has 1 amide bonds. The molecule has 0 saturated heterocycles. The topological polar surface area (TPSA) is 64.3 Å². The predicted molar refractivity (Wildman–Crippen MR) is 76.0 cm³/mol. The Bertz CT molecular complexity index is 630. The molecule has 0 saturated carbocycles. The lowest BCUT2D eigenvalue weighted by Crippen LogP contribution is -2.15. The number of hydrogen-bond donors (Lipinski definition) is 2. The molecule has 0 radical (unpaired) electrons.